The third-order valence-corrected chi connectivity index (χ3v) is 6.10. The molecule has 1 aliphatic rings. The highest BCUT2D eigenvalue weighted by Gasteiger charge is 2.22. The van der Waals surface area contributed by atoms with Crippen LogP contribution in [0.1, 0.15) is 57.8 Å². The minimum absolute atomic E-state index is 0.0884. The summed E-state index contributed by atoms with van der Waals surface area (Å²) in [6.45, 7) is 3.43. The summed E-state index contributed by atoms with van der Waals surface area (Å²) >= 11 is 7.94. The lowest BCUT2D eigenvalue weighted by atomic mass is 9.91. The summed E-state index contributed by atoms with van der Waals surface area (Å²) in [5.41, 5.74) is 0.917. The molecule has 1 aliphatic carbocycles. The van der Waals surface area contributed by atoms with Gasteiger partial charge in [0.2, 0.25) is 5.91 Å². The highest BCUT2D eigenvalue weighted by Crippen LogP contribution is 2.32. The molecule has 1 amide bonds. The highest BCUT2D eigenvalue weighted by molar-refractivity contribution is 7.99. The molecule has 1 heterocycles. The Balaban J connectivity index is 1.88. The average Bonchev–Trinajstić information content (AvgIpc) is 3.04. The van der Waals surface area contributed by atoms with Crippen LogP contribution in [0.25, 0.3) is 5.69 Å². The summed E-state index contributed by atoms with van der Waals surface area (Å²) in [7, 11) is 0. The Morgan fingerprint density at radius 3 is 2.81 bits per heavy atom. The number of hydrogen-bond acceptors (Lipinski definition) is 4. The first kappa shape index (κ1) is 19.2. The molecule has 26 heavy (non-hydrogen) atoms. The molecule has 1 aromatic heterocycles. The molecule has 1 saturated carbocycles. The molecule has 0 bridgehead atoms. The second-order valence-electron chi connectivity index (χ2n) is 6.89. The van der Waals surface area contributed by atoms with Crippen molar-refractivity contribution in [3.63, 3.8) is 0 Å². The smallest absolute Gasteiger partial charge is 0.217 e. The predicted octanol–water partition coefficient (Wildman–Crippen LogP) is 4.79. The molecule has 1 atom stereocenters. The van der Waals surface area contributed by atoms with Crippen LogP contribution in [0.5, 0.6) is 0 Å². The van der Waals surface area contributed by atoms with Gasteiger partial charge in [-0.15, -0.1) is 10.2 Å². The van der Waals surface area contributed by atoms with Crippen LogP contribution >= 0.6 is 23.4 Å². The molecule has 140 valence electrons. The van der Waals surface area contributed by atoms with Crippen LogP contribution < -0.4 is 5.32 Å². The van der Waals surface area contributed by atoms with Gasteiger partial charge in [0.25, 0.3) is 0 Å². The van der Waals surface area contributed by atoms with Gasteiger partial charge in [0.05, 0.1) is 11.7 Å². The van der Waals surface area contributed by atoms with E-state index in [0.717, 1.165) is 22.5 Å². The number of carbonyl (C=O) groups is 1. The zero-order valence-corrected chi connectivity index (χ0v) is 16.8. The zero-order valence-electron chi connectivity index (χ0n) is 15.2. The Morgan fingerprint density at radius 1 is 1.35 bits per heavy atom. The first-order valence-electron chi connectivity index (χ1n) is 9.15. The van der Waals surface area contributed by atoms with Gasteiger partial charge in [0.1, 0.15) is 0 Å². The van der Waals surface area contributed by atoms with E-state index in [2.05, 4.69) is 15.5 Å². The minimum Gasteiger partial charge on any atom is -0.347 e. The van der Waals surface area contributed by atoms with Gasteiger partial charge in [-0.25, -0.2) is 0 Å². The Morgan fingerprint density at radius 2 is 2.12 bits per heavy atom. The SMILES string of the molecule is CC(=O)N[C@H](C)c1nnc(SCC2CCCCC2)n1-c1cccc(Cl)c1. The maximum Gasteiger partial charge on any atom is 0.217 e. The summed E-state index contributed by atoms with van der Waals surface area (Å²) in [5, 5.41) is 13.2. The van der Waals surface area contributed by atoms with Crippen LogP contribution in [0.2, 0.25) is 5.02 Å². The fourth-order valence-corrected chi connectivity index (χ4v) is 4.76. The van der Waals surface area contributed by atoms with E-state index >= 15 is 0 Å². The van der Waals surface area contributed by atoms with Crippen LogP contribution in [-0.4, -0.2) is 26.4 Å². The quantitative estimate of drug-likeness (QED) is 0.718. The van der Waals surface area contributed by atoms with Crippen molar-refractivity contribution in [2.75, 3.05) is 5.75 Å². The number of rotatable bonds is 6. The normalized spacial score (nSPS) is 16.4. The number of amides is 1. The van der Waals surface area contributed by atoms with E-state index in [0.29, 0.717) is 10.8 Å². The number of thioether (sulfide) groups is 1. The van der Waals surface area contributed by atoms with Crippen molar-refractivity contribution in [3.05, 3.63) is 35.1 Å². The van der Waals surface area contributed by atoms with E-state index in [1.165, 1.54) is 39.0 Å². The van der Waals surface area contributed by atoms with Gasteiger partial charge in [-0.05, 0) is 43.9 Å². The monoisotopic (exact) mass is 392 g/mol. The van der Waals surface area contributed by atoms with Gasteiger partial charge < -0.3 is 5.32 Å². The maximum absolute atomic E-state index is 11.5. The van der Waals surface area contributed by atoms with Crippen LogP contribution in [0.3, 0.4) is 0 Å². The van der Waals surface area contributed by atoms with Crippen molar-refractivity contribution < 1.29 is 4.79 Å². The maximum atomic E-state index is 11.5. The summed E-state index contributed by atoms with van der Waals surface area (Å²) in [6, 6.07) is 7.42. The number of hydrogen-bond donors (Lipinski definition) is 1. The minimum atomic E-state index is -0.233. The molecule has 1 fully saturated rings. The molecule has 0 aliphatic heterocycles. The molecule has 5 nitrogen and oxygen atoms in total. The molecule has 1 N–H and O–H groups in total. The van der Waals surface area contributed by atoms with Gasteiger partial charge in [-0.2, -0.15) is 0 Å². The highest BCUT2D eigenvalue weighted by atomic mass is 35.5. The lowest BCUT2D eigenvalue weighted by molar-refractivity contribution is -0.119. The number of nitrogens with one attached hydrogen (secondary N) is 1. The van der Waals surface area contributed by atoms with Gasteiger partial charge in [-0.3, -0.25) is 9.36 Å². The number of benzene rings is 1. The molecular weight excluding hydrogens is 368 g/mol. The summed E-state index contributed by atoms with van der Waals surface area (Å²) in [6.07, 6.45) is 6.62. The fourth-order valence-electron chi connectivity index (χ4n) is 3.43. The van der Waals surface area contributed by atoms with Gasteiger partial charge in [0.15, 0.2) is 11.0 Å². The molecule has 7 heteroatoms. The first-order valence-corrected chi connectivity index (χ1v) is 10.5. The predicted molar refractivity (Wildman–Crippen MR) is 106 cm³/mol. The second-order valence-corrected chi connectivity index (χ2v) is 8.32. The van der Waals surface area contributed by atoms with Crippen LogP contribution in [0, 0.1) is 5.92 Å². The Kier molecular flexibility index (Phi) is 6.59. The second kappa shape index (κ2) is 8.91. The Hall–Kier alpha value is -1.53. The zero-order chi connectivity index (χ0) is 18.5. The van der Waals surface area contributed by atoms with E-state index < -0.39 is 0 Å². The van der Waals surface area contributed by atoms with Crippen molar-refractivity contribution in [1.29, 1.82) is 0 Å². The van der Waals surface area contributed by atoms with E-state index in [9.17, 15) is 4.79 Å². The number of carbonyl (C=O) groups excluding carboxylic acids is 1. The van der Waals surface area contributed by atoms with Crippen molar-refractivity contribution in [3.8, 4) is 5.69 Å². The Labute approximate surface area is 163 Å². The van der Waals surface area contributed by atoms with Crippen molar-refractivity contribution in [2.45, 2.75) is 57.1 Å². The van der Waals surface area contributed by atoms with E-state index in [-0.39, 0.29) is 11.9 Å². The molecule has 0 radical (unpaired) electrons. The Bertz CT molecular complexity index is 758. The standard InChI is InChI=1S/C19H25ClN4OS/c1-13(21-14(2)25)18-22-23-19(26-12-15-7-4-3-5-8-15)24(18)17-10-6-9-16(20)11-17/h6,9-11,13,15H,3-5,7-8,12H2,1-2H3,(H,21,25)/t13-/m1/s1. The van der Waals surface area contributed by atoms with Crippen molar-refractivity contribution in [2.24, 2.45) is 5.92 Å². The lowest BCUT2D eigenvalue weighted by Crippen LogP contribution is -2.26. The molecule has 3 rings (SSSR count). The van der Waals surface area contributed by atoms with Crippen LogP contribution in [0.15, 0.2) is 29.4 Å². The summed E-state index contributed by atoms with van der Waals surface area (Å²) in [4.78, 5) is 11.5. The third kappa shape index (κ3) is 4.80. The van der Waals surface area contributed by atoms with E-state index in [4.69, 9.17) is 11.6 Å². The number of aromatic nitrogens is 3. The third-order valence-electron chi connectivity index (χ3n) is 4.70. The van der Waals surface area contributed by atoms with E-state index in [1.807, 2.05) is 35.8 Å². The van der Waals surface area contributed by atoms with Gasteiger partial charge >= 0.3 is 0 Å². The van der Waals surface area contributed by atoms with Gasteiger partial charge in [0, 0.05) is 17.7 Å². The molecular formula is C19H25ClN4OS. The molecule has 0 unspecified atom stereocenters. The summed E-state index contributed by atoms with van der Waals surface area (Å²) in [5.74, 6) is 2.42. The average molecular weight is 393 g/mol. The molecule has 0 spiro atoms. The number of nitrogens with zero attached hydrogens (tertiary/aromatic N) is 3. The number of halogens is 1. The lowest BCUT2D eigenvalue weighted by Gasteiger charge is -2.21. The molecule has 2 aromatic rings. The van der Waals surface area contributed by atoms with Crippen LogP contribution in [-0.2, 0) is 4.79 Å². The molecule has 1 aromatic carbocycles. The van der Waals surface area contributed by atoms with E-state index in [1.54, 1.807) is 11.8 Å². The topological polar surface area (TPSA) is 59.8 Å². The van der Waals surface area contributed by atoms with Crippen molar-refractivity contribution in [1.82, 2.24) is 20.1 Å². The first-order chi connectivity index (χ1) is 12.5. The largest absolute Gasteiger partial charge is 0.347 e. The molecule has 0 saturated heterocycles. The van der Waals surface area contributed by atoms with Crippen LogP contribution in [0.4, 0.5) is 0 Å². The van der Waals surface area contributed by atoms with Gasteiger partial charge in [-0.1, -0.05) is 48.7 Å². The summed E-state index contributed by atoms with van der Waals surface area (Å²) < 4.78 is 2.01. The van der Waals surface area contributed by atoms with Crippen molar-refractivity contribution >= 4 is 29.3 Å². The fraction of sp³-hybridized carbons (Fsp3) is 0.526.